The molecule has 0 saturated carbocycles. The molecular weight excluding hydrogens is 254 g/mol. The molecule has 1 aromatic carbocycles. The summed E-state index contributed by atoms with van der Waals surface area (Å²) in [6.45, 7) is 3.23. The van der Waals surface area contributed by atoms with Crippen LogP contribution >= 0.6 is 0 Å². The maximum Gasteiger partial charge on any atom is 0.231 e. The Hall–Kier alpha value is -1.56. The number of hydrogen-bond acceptors (Lipinski definition) is 4. The van der Waals surface area contributed by atoms with Crippen LogP contribution in [0.3, 0.4) is 0 Å². The Bertz CT molecular complexity index is 605. The number of carbonyl (C=O) groups is 1. The van der Waals surface area contributed by atoms with Gasteiger partial charge in [-0.15, -0.1) is 0 Å². The zero-order valence-electron chi connectivity index (χ0n) is 10.5. The molecule has 2 rings (SSSR count). The lowest BCUT2D eigenvalue weighted by Gasteiger charge is -2.18. The first-order chi connectivity index (χ1) is 8.26. The normalized spacial score (nSPS) is 20.5. The van der Waals surface area contributed by atoms with Crippen LogP contribution < -0.4 is 10.1 Å². The van der Waals surface area contributed by atoms with Crippen molar-refractivity contribution in [1.29, 1.82) is 0 Å². The quantitative estimate of drug-likeness (QED) is 0.837. The number of rotatable bonds is 1. The van der Waals surface area contributed by atoms with Crippen LogP contribution in [-0.2, 0) is 14.6 Å². The van der Waals surface area contributed by atoms with E-state index in [1.54, 1.807) is 19.9 Å². The zero-order chi connectivity index (χ0) is 13.6. The van der Waals surface area contributed by atoms with Gasteiger partial charge >= 0.3 is 0 Å². The number of ether oxygens (including phenoxy) is 1. The molecule has 0 bridgehead atoms. The van der Waals surface area contributed by atoms with Crippen LogP contribution in [0.2, 0.25) is 0 Å². The molecule has 0 spiro atoms. The minimum Gasteiger partial charge on any atom is -0.497 e. The molecule has 1 amide bonds. The molecule has 6 heteroatoms. The topological polar surface area (TPSA) is 72.5 Å². The van der Waals surface area contributed by atoms with Gasteiger partial charge in [0.15, 0.2) is 9.84 Å². The average molecular weight is 269 g/mol. The first kappa shape index (κ1) is 12.9. The lowest BCUT2D eigenvalue weighted by Crippen LogP contribution is -2.34. The van der Waals surface area contributed by atoms with Crippen molar-refractivity contribution in [2.75, 3.05) is 18.2 Å². The molecule has 0 saturated heterocycles. The third-order valence-electron chi connectivity index (χ3n) is 2.94. The number of amides is 1. The van der Waals surface area contributed by atoms with Crippen molar-refractivity contribution in [3.05, 3.63) is 18.2 Å². The van der Waals surface area contributed by atoms with Gasteiger partial charge in [0.05, 0.1) is 28.9 Å². The zero-order valence-corrected chi connectivity index (χ0v) is 11.3. The van der Waals surface area contributed by atoms with Crippen LogP contribution in [0.5, 0.6) is 5.75 Å². The molecule has 0 fully saturated rings. The van der Waals surface area contributed by atoms with Gasteiger partial charge in [-0.1, -0.05) is 13.8 Å². The Labute approximate surface area is 106 Å². The SMILES string of the molecule is COc1ccc2c(c1)NC(=O)C(C)(C)CS2(=O)=O. The minimum absolute atomic E-state index is 0.141. The highest BCUT2D eigenvalue weighted by molar-refractivity contribution is 7.91. The molecular formula is C12H15NO4S. The van der Waals surface area contributed by atoms with Crippen molar-refractivity contribution in [2.24, 2.45) is 5.41 Å². The van der Waals surface area contributed by atoms with E-state index in [1.807, 2.05) is 0 Å². The number of fused-ring (bicyclic) bond motifs is 1. The number of hydrogen-bond donors (Lipinski definition) is 1. The van der Waals surface area contributed by atoms with Crippen molar-refractivity contribution in [1.82, 2.24) is 0 Å². The van der Waals surface area contributed by atoms with E-state index in [4.69, 9.17) is 4.74 Å². The van der Waals surface area contributed by atoms with Crippen LogP contribution in [0.25, 0.3) is 0 Å². The second kappa shape index (κ2) is 3.98. The summed E-state index contributed by atoms with van der Waals surface area (Å²) in [4.78, 5) is 12.1. The smallest absolute Gasteiger partial charge is 0.231 e. The van der Waals surface area contributed by atoms with Crippen molar-refractivity contribution >= 4 is 21.4 Å². The highest BCUT2D eigenvalue weighted by atomic mass is 32.2. The first-order valence-electron chi connectivity index (χ1n) is 5.48. The molecule has 1 aliphatic heterocycles. The Morgan fingerprint density at radius 1 is 1.33 bits per heavy atom. The predicted octanol–water partition coefficient (Wildman–Crippen LogP) is 1.45. The molecule has 1 aromatic rings. The molecule has 18 heavy (non-hydrogen) atoms. The summed E-state index contributed by atoms with van der Waals surface area (Å²) in [6.07, 6.45) is 0. The molecule has 5 nitrogen and oxygen atoms in total. The van der Waals surface area contributed by atoms with Gasteiger partial charge in [-0.05, 0) is 12.1 Å². The number of anilines is 1. The van der Waals surface area contributed by atoms with Crippen LogP contribution in [0.15, 0.2) is 23.1 Å². The fraction of sp³-hybridized carbons (Fsp3) is 0.417. The largest absolute Gasteiger partial charge is 0.497 e. The van der Waals surface area contributed by atoms with Crippen molar-refractivity contribution < 1.29 is 17.9 Å². The van der Waals surface area contributed by atoms with Gasteiger partial charge in [0, 0.05) is 6.07 Å². The van der Waals surface area contributed by atoms with E-state index in [1.165, 1.54) is 19.2 Å². The monoisotopic (exact) mass is 269 g/mol. The van der Waals surface area contributed by atoms with Gasteiger partial charge in [0.2, 0.25) is 5.91 Å². The number of nitrogens with one attached hydrogen (secondary N) is 1. The first-order valence-corrected chi connectivity index (χ1v) is 7.14. The molecule has 1 N–H and O–H groups in total. The van der Waals surface area contributed by atoms with E-state index in [0.29, 0.717) is 5.75 Å². The molecule has 0 radical (unpaired) electrons. The summed E-state index contributed by atoms with van der Waals surface area (Å²) < 4.78 is 29.5. The van der Waals surface area contributed by atoms with Gasteiger partial charge in [-0.3, -0.25) is 4.79 Å². The van der Waals surface area contributed by atoms with E-state index in [0.717, 1.165) is 0 Å². The third-order valence-corrected chi connectivity index (χ3v) is 5.06. The van der Waals surface area contributed by atoms with Gasteiger partial charge in [0.1, 0.15) is 5.75 Å². The molecule has 0 aliphatic carbocycles. The average Bonchev–Trinajstić information content (AvgIpc) is 2.32. The number of methoxy groups -OCH3 is 1. The van der Waals surface area contributed by atoms with Crippen LogP contribution in [0.4, 0.5) is 5.69 Å². The standard InChI is InChI=1S/C12H15NO4S/c1-12(2)7-18(15,16)10-5-4-8(17-3)6-9(10)13-11(12)14/h4-6H,7H2,1-3H3,(H,13,14). The summed E-state index contributed by atoms with van der Waals surface area (Å²) >= 11 is 0. The number of carbonyl (C=O) groups excluding carboxylic acids is 1. The van der Waals surface area contributed by atoms with E-state index in [9.17, 15) is 13.2 Å². The van der Waals surface area contributed by atoms with Crippen molar-refractivity contribution in [3.63, 3.8) is 0 Å². The summed E-state index contributed by atoms with van der Waals surface area (Å²) in [5, 5.41) is 2.64. The predicted molar refractivity (Wildman–Crippen MR) is 67.5 cm³/mol. The van der Waals surface area contributed by atoms with Crippen LogP contribution in [-0.4, -0.2) is 27.2 Å². The highest BCUT2D eigenvalue weighted by Gasteiger charge is 2.38. The molecule has 98 valence electrons. The van der Waals surface area contributed by atoms with E-state index < -0.39 is 15.3 Å². The Balaban J connectivity index is 2.64. The maximum absolute atomic E-state index is 12.2. The van der Waals surface area contributed by atoms with Crippen molar-refractivity contribution in [2.45, 2.75) is 18.7 Å². The summed E-state index contributed by atoms with van der Waals surface area (Å²) in [6, 6.07) is 4.55. The van der Waals surface area contributed by atoms with Gasteiger partial charge in [-0.2, -0.15) is 0 Å². The van der Waals surface area contributed by atoms with E-state index in [-0.39, 0.29) is 22.2 Å². The second-order valence-corrected chi connectivity index (χ2v) is 6.92. The number of benzene rings is 1. The summed E-state index contributed by atoms with van der Waals surface area (Å²) in [5.74, 6) is -0.00688. The molecule has 1 heterocycles. The summed E-state index contributed by atoms with van der Waals surface area (Å²) in [7, 11) is -2.00. The highest BCUT2D eigenvalue weighted by Crippen LogP contribution is 2.35. The molecule has 0 atom stereocenters. The third kappa shape index (κ3) is 2.08. The second-order valence-electron chi connectivity index (χ2n) is 4.96. The van der Waals surface area contributed by atoms with Crippen molar-refractivity contribution in [3.8, 4) is 5.75 Å². The summed E-state index contributed by atoms with van der Waals surface area (Å²) in [5.41, 5.74) is -0.671. The van der Waals surface area contributed by atoms with Crippen LogP contribution in [0.1, 0.15) is 13.8 Å². The number of sulfone groups is 1. The van der Waals surface area contributed by atoms with Gasteiger partial charge in [-0.25, -0.2) is 8.42 Å². The lowest BCUT2D eigenvalue weighted by atomic mass is 9.95. The van der Waals surface area contributed by atoms with E-state index >= 15 is 0 Å². The van der Waals surface area contributed by atoms with E-state index in [2.05, 4.69) is 5.32 Å². The van der Waals surface area contributed by atoms with Gasteiger partial charge < -0.3 is 10.1 Å². The molecule has 0 unspecified atom stereocenters. The Morgan fingerprint density at radius 2 is 2.00 bits per heavy atom. The lowest BCUT2D eigenvalue weighted by molar-refractivity contribution is -0.122. The fourth-order valence-electron chi connectivity index (χ4n) is 1.91. The minimum atomic E-state index is -3.48. The fourth-order valence-corrected chi connectivity index (χ4v) is 3.87. The van der Waals surface area contributed by atoms with Gasteiger partial charge in [0.25, 0.3) is 0 Å². The Kier molecular flexibility index (Phi) is 2.85. The van der Waals surface area contributed by atoms with Crippen LogP contribution in [0, 0.1) is 5.41 Å². The molecule has 1 aliphatic rings. The maximum atomic E-state index is 12.2. The Morgan fingerprint density at radius 3 is 2.61 bits per heavy atom. The molecule has 0 aromatic heterocycles.